The fraction of sp³-hybridized carbons (Fsp3) is 0.0769. The van der Waals surface area contributed by atoms with Gasteiger partial charge in [-0.25, -0.2) is 17.2 Å². The van der Waals surface area contributed by atoms with E-state index in [4.69, 9.17) is 5.73 Å². The molecule has 0 bridgehead atoms. The Morgan fingerprint density at radius 1 is 1.10 bits per heavy atom. The Kier molecular flexibility index (Phi) is 4.20. The predicted octanol–water partition coefficient (Wildman–Crippen LogP) is 3.42. The van der Waals surface area contributed by atoms with E-state index >= 15 is 0 Å². The summed E-state index contributed by atoms with van der Waals surface area (Å²) < 4.78 is 53.5. The van der Waals surface area contributed by atoms with E-state index in [1.165, 1.54) is 6.07 Å². The van der Waals surface area contributed by atoms with Crippen molar-refractivity contribution in [2.75, 3.05) is 10.5 Å². The quantitative estimate of drug-likeness (QED) is 0.806. The van der Waals surface area contributed by atoms with E-state index < -0.39 is 21.7 Å². The molecule has 0 amide bonds. The third-order valence-electron chi connectivity index (χ3n) is 2.77. The first kappa shape index (κ1) is 15.7. The highest BCUT2D eigenvalue weighted by Gasteiger charge is 2.20. The van der Waals surface area contributed by atoms with Crippen molar-refractivity contribution in [3.8, 4) is 0 Å². The lowest BCUT2D eigenvalue weighted by atomic mass is 10.2. The Morgan fingerprint density at radius 3 is 2.24 bits per heavy atom. The van der Waals surface area contributed by atoms with E-state index in [2.05, 4.69) is 20.7 Å². The van der Waals surface area contributed by atoms with Gasteiger partial charge in [0.05, 0.1) is 10.6 Å². The van der Waals surface area contributed by atoms with E-state index in [1.54, 1.807) is 13.0 Å². The molecule has 0 atom stereocenters. The largest absolute Gasteiger partial charge is 0.398 e. The molecular formula is C13H11BrF2N2O2S. The third kappa shape index (κ3) is 3.51. The van der Waals surface area contributed by atoms with Crippen LogP contribution in [0.4, 0.5) is 20.2 Å². The molecule has 2 aromatic carbocycles. The first-order chi connectivity index (χ1) is 9.69. The minimum Gasteiger partial charge on any atom is -0.398 e. The summed E-state index contributed by atoms with van der Waals surface area (Å²) in [5, 5.41) is 0. The lowest BCUT2D eigenvalue weighted by Gasteiger charge is -2.12. The molecule has 0 aliphatic carbocycles. The first-order valence-electron chi connectivity index (χ1n) is 5.73. The summed E-state index contributed by atoms with van der Waals surface area (Å²) in [6, 6.07) is 5.36. The molecule has 0 fully saturated rings. The van der Waals surface area contributed by atoms with E-state index in [9.17, 15) is 17.2 Å². The Balaban J connectivity index is 2.48. The van der Waals surface area contributed by atoms with Gasteiger partial charge >= 0.3 is 0 Å². The maximum absolute atomic E-state index is 13.1. The summed E-state index contributed by atoms with van der Waals surface area (Å²) in [7, 11) is -4.02. The van der Waals surface area contributed by atoms with Crippen LogP contribution < -0.4 is 10.5 Å². The molecule has 0 aromatic heterocycles. The van der Waals surface area contributed by atoms with Gasteiger partial charge in [-0.05, 0) is 36.8 Å². The summed E-state index contributed by atoms with van der Waals surface area (Å²) in [5.41, 5.74) is 6.15. The molecule has 112 valence electrons. The van der Waals surface area contributed by atoms with Gasteiger partial charge in [-0.1, -0.05) is 15.9 Å². The smallest absolute Gasteiger partial charge is 0.262 e. The van der Waals surface area contributed by atoms with Crippen molar-refractivity contribution in [2.45, 2.75) is 11.8 Å². The van der Waals surface area contributed by atoms with Crippen molar-refractivity contribution in [3.63, 3.8) is 0 Å². The number of halogens is 3. The highest BCUT2D eigenvalue weighted by molar-refractivity contribution is 9.10. The van der Waals surface area contributed by atoms with Gasteiger partial charge in [0.15, 0.2) is 0 Å². The average Bonchev–Trinajstić information content (AvgIpc) is 2.31. The molecular weight excluding hydrogens is 366 g/mol. The minimum atomic E-state index is -4.02. The second-order valence-corrected chi connectivity index (χ2v) is 6.95. The molecule has 0 saturated carbocycles. The second kappa shape index (κ2) is 5.61. The number of anilines is 2. The summed E-state index contributed by atoms with van der Waals surface area (Å²) >= 11 is 3.16. The number of nitrogens with one attached hydrogen (secondary N) is 1. The van der Waals surface area contributed by atoms with Crippen LogP contribution in [0.3, 0.4) is 0 Å². The van der Waals surface area contributed by atoms with Crippen molar-refractivity contribution in [1.82, 2.24) is 0 Å². The molecule has 0 aliphatic heterocycles. The molecule has 8 heteroatoms. The van der Waals surface area contributed by atoms with Crippen molar-refractivity contribution < 1.29 is 17.2 Å². The highest BCUT2D eigenvalue weighted by Crippen LogP contribution is 2.28. The maximum Gasteiger partial charge on any atom is 0.262 e. The Morgan fingerprint density at radius 2 is 1.67 bits per heavy atom. The van der Waals surface area contributed by atoms with Gasteiger partial charge in [-0.3, -0.25) is 4.72 Å². The average molecular weight is 377 g/mol. The van der Waals surface area contributed by atoms with Crippen LogP contribution in [0.2, 0.25) is 0 Å². The molecule has 3 N–H and O–H groups in total. The van der Waals surface area contributed by atoms with Crippen LogP contribution in [0.1, 0.15) is 5.56 Å². The normalized spacial score (nSPS) is 11.4. The van der Waals surface area contributed by atoms with Gasteiger partial charge in [0, 0.05) is 16.2 Å². The molecule has 0 saturated heterocycles. The first-order valence-corrected chi connectivity index (χ1v) is 8.01. The minimum absolute atomic E-state index is 0.0703. The van der Waals surface area contributed by atoms with Gasteiger partial charge in [-0.15, -0.1) is 0 Å². The lowest BCUT2D eigenvalue weighted by Crippen LogP contribution is -2.15. The SMILES string of the molecule is Cc1c(N)cc(Br)cc1S(=O)(=O)Nc1cc(F)cc(F)c1. The Labute approximate surface area is 129 Å². The fourth-order valence-electron chi connectivity index (χ4n) is 1.78. The van der Waals surface area contributed by atoms with Crippen molar-refractivity contribution >= 4 is 37.3 Å². The second-order valence-electron chi connectivity index (χ2n) is 4.38. The third-order valence-corrected chi connectivity index (χ3v) is 4.73. The van der Waals surface area contributed by atoms with E-state index in [-0.39, 0.29) is 16.3 Å². The predicted molar refractivity (Wildman–Crippen MR) is 80.5 cm³/mol. The molecule has 21 heavy (non-hydrogen) atoms. The Hall–Kier alpha value is -1.67. The molecule has 0 aliphatic rings. The van der Waals surface area contributed by atoms with Gasteiger partial charge < -0.3 is 5.73 Å². The number of hydrogen-bond acceptors (Lipinski definition) is 3. The number of rotatable bonds is 3. The van der Waals surface area contributed by atoms with Crippen LogP contribution in [0.5, 0.6) is 0 Å². The molecule has 2 aromatic rings. The van der Waals surface area contributed by atoms with Crippen LogP contribution in [0, 0.1) is 18.6 Å². The number of nitrogens with two attached hydrogens (primary N) is 1. The van der Waals surface area contributed by atoms with Gasteiger partial charge in [-0.2, -0.15) is 0 Å². The van der Waals surface area contributed by atoms with Crippen LogP contribution >= 0.6 is 15.9 Å². The van der Waals surface area contributed by atoms with Gasteiger partial charge in [0.1, 0.15) is 11.6 Å². The monoisotopic (exact) mass is 376 g/mol. The van der Waals surface area contributed by atoms with Gasteiger partial charge in [0.2, 0.25) is 0 Å². The number of sulfonamides is 1. The van der Waals surface area contributed by atoms with Crippen molar-refractivity contribution in [2.24, 2.45) is 0 Å². The summed E-state index contributed by atoms with van der Waals surface area (Å²) in [4.78, 5) is -0.0703. The summed E-state index contributed by atoms with van der Waals surface area (Å²) in [6.45, 7) is 1.54. The highest BCUT2D eigenvalue weighted by atomic mass is 79.9. The topological polar surface area (TPSA) is 72.2 Å². The van der Waals surface area contributed by atoms with Crippen molar-refractivity contribution in [3.05, 3.63) is 52.0 Å². The number of nitrogen functional groups attached to an aromatic ring is 1. The van der Waals surface area contributed by atoms with Crippen LogP contribution in [0.15, 0.2) is 39.7 Å². The molecule has 2 rings (SSSR count). The molecule has 0 unspecified atom stereocenters. The molecule has 0 radical (unpaired) electrons. The maximum atomic E-state index is 13.1. The number of benzene rings is 2. The Bertz CT molecular complexity index is 790. The lowest BCUT2D eigenvalue weighted by molar-refractivity contribution is 0.584. The van der Waals surface area contributed by atoms with Gasteiger partial charge in [0.25, 0.3) is 10.0 Å². The summed E-state index contributed by atoms with van der Waals surface area (Å²) in [5.74, 6) is -1.75. The zero-order valence-corrected chi connectivity index (χ0v) is 13.2. The summed E-state index contributed by atoms with van der Waals surface area (Å²) in [6.07, 6.45) is 0. The van der Waals surface area contributed by atoms with Crippen molar-refractivity contribution in [1.29, 1.82) is 0 Å². The molecule has 0 heterocycles. The molecule has 0 spiro atoms. The van der Waals surface area contributed by atoms with Crippen LogP contribution in [-0.2, 0) is 10.0 Å². The van der Waals surface area contributed by atoms with E-state index in [0.29, 0.717) is 16.1 Å². The van der Waals surface area contributed by atoms with E-state index in [0.717, 1.165) is 12.1 Å². The van der Waals surface area contributed by atoms with Crippen LogP contribution in [0.25, 0.3) is 0 Å². The van der Waals surface area contributed by atoms with E-state index in [1.807, 2.05) is 0 Å². The zero-order chi connectivity index (χ0) is 15.8. The van der Waals surface area contributed by atoms with Crippen LogP contribution in [-0.4, -0.2) is 8.42 Å². The standard InChI is InChI=1S/C13H11BrF2N2O2S/c1-7-12(17)2-8(14)3-13(7)21(19,20)18-11-5-9(15)4-10(16)6-11/h2-6,18H,17H2,1H3. The zero-order valence-electron chi connectivity index (χ0n) is 10.8. The fourth-order valence-corrected chi connectivity index (χ4v) is 3.74. The molecule has 4 nitrogen and oxygen atoms in total. The number of hydrogen-bond donors (Lipinski definition) is 2.